The number of methoxy groups -OCH3 is 1. The van der Waals surface area contributed by atoms with Crippen molar-refractivity contribution in [3.63, 3.8) is 0 Å². The third kappa shape index (κ3) is 3.42. The third-order valence-electron chi connectivity index (χ3n) is 5.38. The van der Waals surface area contributed by atoms with Crippen LogP contribution in [0.15, 0.2) is 97.1 Å². The molecule has 0 heterocycles. The Hall–Kier alpha value is -2.31. The van der Waals surface area contributed by atoms with Gasteiger partial charge in [0.1, 0.15) is 34.2 Å². The quantitative estimate of drug-likeness (QED) is 0.341. The Kier molecular flexibility index (Phi) is 6.16. The molecule has 150 valence electrons. The van der Waals surface area contributed by atoms with Crippen LogP contribution in [0.3, 0.4) is 0 Å². The second kappa shape index (κ2) is 8.82. The summed E-state index contributed by atoms with van der Waals surface area (Å²) in [5, 5.41) is 5.85. The molecule has 0 radical (unpaired) electrons. The van der Waals surface area contributed by atoms with Gasteiger partial charge in [-0.1, -0.05) is 77.8 Å². The molecule has 0 aromatic heterocycles. The molecule has 1 nitrogen and oxygen atoms in total. The van der Waals surface area contributed by atoms with Gasteiger partial charge in [-0.15, -0.1) is 0 Å². The second-order valence-electron chi connectivity index (χ2n) is 7.03. The summed E-state index contributed by atoms with van der Waals surface area (Å²) >= 11 is 14.1. The van der Waals surface area contributed by atoms with Crippen LogP contribution in [-0.2, 0) is 0 Å². The maximum atomic E-state index is 7.08. The molecule has 0 unspecified atom stereocenters. The van der Waals surface area contributed by atoms with E-state index >= 15 is 0 Å². The van der Waals surface area contributed by atoms with Gasteiger partial charge >= 0.3 is 0 Å². The number of halogens is 2. The van der Waals surface area contributed by atoms with Crippen LogP contribution >= 0.6 is 30.5 Å². The lowest BCUT2D eigenvalue weighted by molar-refractivity contribution is 0.412. The first-order chi connectivity index (χ1) is 14.6. The second-order valence-corrected chi connectivity index (χ2v) is 11.1. The van der Waals surface area contributed by atoms with Crippen molar-refractivity contribution in [3.8, 4) is 5.75 Å². The van der Waals surface area contributed by atoms with Crippen molar-refractivity contribution in [2.45, 2.75) is 6.92 Å². The lowest BCUT2D eigenvalue weighted by atomic mass is 10.2. The molecule has 0 atom stereocenters. The molecule has 0 saturated heterocycles. The van der Waals surface area contributed by atoms with Crippen molar-refractivity contribution >= 4 is 51.7 Å². The predicted octanol–water partition coefficient (Wildman–Crippen LogP) is 5.93. The lowest BCUT2D eigenvalue weighted by Gasteiger charge is -2.29. The highest BCUT2D eigenvalue weighted by molar-refractivity contribution is 8.01. The van der Waals surface area contributed by atoms with E-state index in [1.165, 1.54) is 15.9 Å². The lowest BCUT2D eigenvalue weighted by Crippen LogP contribution is -2.39. The van der Waals surface area contributed by atoms with Gasteiger partial charge in [0.25, 0.3) is 0 Å². The highest BCUT2D eigenvalue weighted by Crippen LogP contribution is 2.58. The van der Waals surface area contributed by atoms with Crippen LogP contribution in [0.2, 0.25) is 10.0 Å². The molecule has 0 aliphatic heterocycles. The Balaban J connectivity index is 2.22. The molecule has 0 bridgehead atoms. The highest BCUT2D eigenvalue weighted by atomic mass is 35.5. The average molecular weight is 452 g/mol. The van der Waals surface area contributed by atoms with Gasteiger partial charge in [0.15, 0.2) is 0 Å². The van der Waals surface area contributed by atoms with Gasteiger partial charge in [-0.3, -0.25) is 0 Å². The van der Waals surface area contributed by atoms with Gasteiger partial charge in [-0.25, -0.2) is 0 Å². The van der Waals surface area contributed by atoms with E-state index in [4.69, 9.17) is 27.9 Å². The van der Waals surface area contributed by atoms with Gasteiger partial charge in [0, 0.05) is 11.6 Å². The summed E-state index contributed by atoms with van der Waals surface area (Å²) in [6.45, 7) is 1.98. The van der Waals surface area contributed by atoms with Crippen LogP contribution in [0.1, 0.15) is 5.56 Å². The van der Waals surface area contributed by atoms with Gasteiger partial charge < -0.3 is 4.74 Å². The van der Waals surface area contributed by atoms with E-state index in [1.54, 1.807) is 7.11 Å². The molecule has 0 aliphatic carbocycles. The summed E-state index contributed by atoms with van der Waals surface area (Å²) in [5.74, 6) is 0.695. The number of benzene rings is 4. The van der Waals surface area contributed by atoms with Crippen LogP contribution in [0.4, 0.5) is 0 Å². The molecule has 4 rings (SSSR count). The normalized spacial score (nSPS) is 11.3. The number of hydrogen-bond donors (Lipinski definition) is 0. The van der Waals surface area contributed by atoms with E-state index < -0.39 is 7.26 Å². The minimum absolute atomic E-state index is 0.618. The van der Waals surface area contributed by atoms with Gasteiger partial charge in [0.2, 0.25) is 0 Å². The SMILES string of the molecule is COc1cc(Cl)c([P+](c2ccccc2)(c2ccccc2)c2ccccc2)c(Cl)c1C. The topological polar surface area (TPSA) is 9.23 Å². The molecular weight excluding hydrogens is 430 g/mol. The maximum Gasteiger partial charge on any atom is 0.147 e. The molecule has 0 aliphatic rings. The molecule has 0 N–H and O–H groups in total. The van der Waals surface area contributed by atoms with Crippen LogP contribution in [0, 0.1) is 6.92 Å². The van der Waals surface area contributed by atoms with Crippen LogP contribution < -0.4 is 26.0 Å². The Morgan fingerprint density at radius 1 is 0.667 bits per heavy atom. The molecular formula is C26H22Cl2OP+. The molecule has 4 heteroatoms. The largest absolute Gasteiger partial charge is 0.496 e. The molecule has 0 fully saturated rings. The number of hydrogen-bond acceptors (Lipinski definition) is 1. The summed E-state index contributed by atoms with van der Waals surface area (Å²) in [6, 6.07) is 33.6. The first kappa shape index (κ1) is 20.9. The number of rotatable bonds is 5. The minimum atomic E-state index is -2.36. The smallest absolute Gasteiger partial charge is 0.147 e. The Labute approximate surface area is 188 Å². The summed E-state index contributed by atoms with van der Waals surface area (Å²) in [4.78, 5) is 0. The van der Waals surface area contributed by atoms with Crippen molar-refractivity contribution in [1.82, 2.24) is 0 Å². The van der Waals surface area contributed by atoms with Crippen LogP contribution in [0.5, 0.6) is 5.75 Å². The fraction of sp³-hybridized carbons (Fsp3) is 0.0769. The zero-order valence-corrected chi connectivity index (χ0v) is 19.3. The Morgan fingerprint density at radius 3 is 1.43 bits per heavy atom. The fourth-order valence-corrected chi connectivity index (χ4v) is 9.56. The van der Waals surface area contributed by atoms with Crippen molar-refractivity contribution in [2.24, 2.45) is 0 Å². The van der Waals surface area contributed by atoms with Crippen LogP contribution in [0.25, 0.3) is 0 Å². The highest BCUT2D eigenvalue weighted by Gasteiger charge is 2.51. The Morgan fingerprint density at radius 2 is 1.07 bits per heavy atom. The van der Waals surface area contributed by atoms with Crippen LogP contribution in [-0.4, -0.2) is 7.11 Å². The zero-order chi connectivity index (χ0) is 21.1. The van der Waals surface area contributed by atoms with E-state index in [0.717, 1.165) is 10.9 Å². The molecule has 0 amide bonds. The van der Waals surface area contributed by atoms with Gasteiger partial charge in [-0.2, -0.15) is 0 Å². The first-order valence-electron chi connectivity index (χ1n) is 9.69. The summed E-state index contributed by atoms with van der Waals surface area (Å²) in [5.41, 5.74) is 0.894. The zero-order valence-electron chi connectivity index (χ0n) is 16.8. The van der Waals surface area contributed by atoms with Crippen molar-refractivity contribution in [2.75, 3.05) is 7.11 Å². The third-order valence-corrected chi connectivity index (χ3v) is 10.8. The minimum Gasteiger partial charge on any atom is -0.496 e. The standard InChI is InChI=1S/C26H22Cl2OP/c1-19-24(29-2)18-23(27)26(25(19)28)30(20-12-6-3-7-13-20,21-14-8-4-9-15-21)22-16-10-5-11-17-22/h3-18H,1-2H3/q+1. The molecule has 4 aromatic rings. The fourth-order valence-electron chi connectivity index (χ4n) is 3.99. The van der Waals surface area contributed by atoms with E-state index in [0.29, 0.717) is 15.8 Å². The first-order valence-corrected chi connectivity index (χ1v) is 12.2. The number of ether oxygens (including phenoxy) is 1. The summed E-state index contributed by atoms with van der Waals surface area (Å²) in [7, 11) is -0.716. The van der Waals surface area contributed by atoms with E-state index in [2.05, 4.69) is 72.8 Å². The van der Waals surface area contributed by atoms with E-state index in [1.807, 2.05) is 31.2 Å². The molecule has 0 spiro atoms. The van der Waals surface area contributed by atoms with E-state index in [-0.39, 0.29) is 0 Å². The predicted molar refractivity (Wildman–Crippen MR) is 133 cm³/mol. The van der Waals surface area contributed by atoms with Gasteiger partial charge in [0.05, 0.1) is 17.2 Å². The average Bonchev–Trinajstić information content (AvgIpc) is 2.81. The summed E-state index contributed by atoms with van der Waals surface area (Å²) in [6.07, 6.45) is 0. The van der Waals surface area contributed by atoms with Crippen molar-refractivity contribution in [1.29, 1.82) is 0 Å². The summed E-state index contributed by atoms with van der Waals surface area (Å²) < 4.78 is 5.53. The van der Waals surface area contributed by atoms with Crippen molar-refractivity contribution in [3.05, 3.63) is 113 Å². The maximum absolute atomic E-state index is 7.08. The Bertz CT molecular complexity index is 1050. The van der Waals surface area contributed by atoms with Gasteiger partial charge in [-0.05, 0) is 43.3 Å². The monoisotopic (exact) mass is 451 g/mol. The van der Waals surface area contributed by atoms with E-state index in [9.17, 15) is 0 Å². The molecule has 0 saturated carbocycles. The molecule has 30 heavy (non-hydrogen) atoms. The van der Waals surface area contributed by atoms with Crippen molar-refractivity contribution < 1.29 is 4.74 Å². The molecule has 4 aromatic carbocycles.